The van der Waals surface area contributed by atoms with Gasteiger partial charge in [0.1, 0.15) is 29.7 Å². The highest BCUT2D eigenvalue weighted by atomic mass is 32.1. The number of fused-ring (bicyclic) bond motifs is 1. The Morgan fingerprint density at radius 3 is 3.00 bits per heavy atom. The topological polar surface area (TPSA) is 108 Å². The third-order valence-electron chi connectivity index (χ3n) is 4.02. The molecule has 0 saturated heterocycles. The Hall–Kier alpha value is -3.27. The molecule has 9 nitrogen and oxygen atoms in total. The fraction of sp³-hybridized carbons (Fsp3) is 0.235. The fourth-order valence-electron chi connectivity index (χ4n) is 2.66. The van der Waals surface area contributed by atoms with Gasteiger partial charge in [0.25, 0.3) is 5.56 Å². The van der Waals surface area contributed by atoms with Gasteiger partial charge in [-0.3, -0.25) is 18.8 Å². The molecule has 1 amide bonds. The third-order valence-corrected chi connectivity index (χ3v) is 4.80. The van der Waals surface area contributed by atoms with Gasteiger partial charge in [-0.25, -0.2) is 9.97 Å². The van der Waals surface area contributed by atoms with E-state index in [-0.39, 0.29) is 24.6 Å². The molecular weight excluding hydrogens is 368 g/mol. The standard InChI is InChI=1S/C17H16N6O3S/c1-10-21-13(8-27-10)14-4-3-11(26-14)5-18-15(24)7-23-9-19-16-12(17(23)25)6-20-22(16)2/h3-4,6,8-9H,5,7H2,1-2H3,(H,18,24). The van der Waals surface area contributed by atoms with Gasteiger partial charge in [-0.05, 0) is 19.1 Å². The van der Waals surface area contributed by atoms with Gasteiger partial charge in [0.15, 0.2) is 11.4 Å². The van der Waals surface area contributed by atoms with Crippen molar-refractivity contribution in [3.63, 3.8) is 0 Å². The van der Waals surface area contributed by atoms with Crippen LogP contribution in [0.2, 0.25) is 0 Å². The molecule has 138 valence electrons. The van der Waals surface area contributed by atoms with Crippen LogP contribution in [-0.2, 0) is 24.9 Å². The average molecular weight is 384 g/mol. The molecule has 0 aliphatic rings. The van der Waals surface area contributed by atoms with E-state index in [1.165, 1.54) is 21.8 Å². The Balaban J connectivity index is 1.41. The molecule has 0 aliphatic carbocycles. The van der Waals surface area contributed by atoms with Crippen LogP contribution in [-0.4, -0.2) is 30.2 Å². The minimum Gasteiger partial charge on any atom is -0.458 e. The van der Waals surface area contributed by atoms with Gasteiger partial charge in [-0.15, -0.1) is 11.3 Å². The predicted molar refractivity (Wildman–Crippen MR) is 99.2 cm³/mol. The van der Waals surface area contributed by atoms with E-state index < -0.39 is 0 Å². The Labute approximate surface area is 157 Å². The lowest BCUT2D eigenvalue weighted by Gasteiger charge is -2.06. The van der Waals surface area contributed by atoms with Crippen LogP contribution in [0.3, 0.4) is 0 Å². The Kier molecular flexibility index (Phi) is 4.32. The van der Waals surface area contributed by atoms with Crippen LogP contribution in [0.25, 0.3) is 22.5 Å². The minimum atomic E-state index is -0.315. The molecule has 0 bridgehead atoms. The van der Waals surface area contributed by atoms with Crippen LogP contribution < -0.4 is 10.9 Å². The van der Waals surface area contributed by atoms with Crippen molar-refractivity contribution in [2.45, 2.75) is 20.0 Å². The number of aryl methyl sites for hydroxylation is 2. The van der Waals surface area contributed by atoms with Crippen molar-refractivity contribution in [1.29, 1.82) is 0 Å². The molecule has 4 rings (SSSR count). The number of carbonyl (C=O) groups is 1. The second-order valence-electron chi connectivity index (χ2n) is 5.98. The maximum absolute atomic E-state index is 12.4. The molecule has 0 radical (unpaired) electrons. The number of nitrogens with zero attached hydrogens (tertiary/aromatic N) is 5. The van der Waals surface area contributed by atoms with Gasteiger partial charge in [0, 0.05) is 12.4 Å². The molecule has 0 fully saturated rings. The molecule has 4 heterocycles. The first-order chi connectivity index (χ1) is 13.0. The number of hydrogen-bond acceptors (Lipinski definition) is 7. The molecule has 0 saturated carbocycles. The highest BCUT2D eigenvalue weighted by molar-refractivity contribution is 7.09. The summed E-state index contributed by atoms with van der Waals surface area (Å²) in [4.78, 5) is 33.1. The van der Waals surface area contributed by atoms with Gasteiger partial charge < -0.3 is 9.73 Å². The molecule has 0 unspecified atom stereocenters. The molecule has 0 atom stereocenters. The predicted octanol–water partition coefficient (Wildman–Crippen LogP) is 1.47. The summed E-state index contributed by atoms with van der Waals surface area (Å²) in [6.45, 7) is 2.02. The zero-order valence-corrected chi connectivity index (χ0v) is 15.5. The second kappa shape index (κ2) is 6.80. The first-order valence-corrected chi connectivity index (χ1v) is 9.04. The van der Waals surface area contributed by atoms with Gasteiger partial charge in [-0.2, -0.15) is 5.10 Å². The highest BCUT2D eigenvalue weighted by Crippen LogP contribution is 2.23. The van der Waals surface area contributed by atoms with Crippen molar-refractivity contribution < 1.29 is 9.21 Å². The van der Waals surface area contributed by atoms with Crippen LogP contribution in [0.5, 0.6) is 0 Å². The number of amides is 1. The van der Waals surface area contributed by atoms with Crippen LogP contribution >= 0.6 is 11.3 Å². The smallest absolute Gasteiger partial charge is 0.264 e. The van der Waals surface area contributed by atoms with Crippen molar-refractivity contribution in [2.24, 2.45) is 7.05 Å². The van der Waals surface area contributed by atoms with E-state index in [0.717, 1.165) is 10.7 Å². The zero-order chi connectivity index (χ0) is 19.0. The van der Waals surface area contributed by atoms with Crippen LogP contribution in [0.4, 0.5) is 0 Å². The van der Waals surface area contributed by atoms with Gasteiger partial charge >= 0.3 is 0 Å². The number of hydrogen-bond donors (Lipinski definition) is 1. The maximum Gasteiger partial charge on any atom is 0.264 e. The molecule has 10 heteroatoms. The molecule has 4 aromatic heterocycles. The van der Waals surface area contributed by atoms with Crippen molar-refractivity contribution in [3.05, 3.63) is 51.2 Å². The summed E-state index contributed by atoms with van der Waals surface area (Å²) >= 11 is 1.55. The van der Waals surface area contributed by atoms with Crippen LogP contribution in [0.15, 0.2) is 39.2 Å². The van der Waals surface area contributed by atoms with Crippen molar-refractivity contribution in [1.82, 2.24) is 29.6 Å². The van der Waals surface area contributed by atoms with Gasteiger partial charge in [0.2, 0.25) is 5.91 Å². The monoisotopic (exact) mass is 384 g/mol. The van der Waals surface area contributed by atoms with Crippen molar-refractivity contribution in [3.8, 4) is 11.5 Å². The summed E-state index contributed by atoms with van der Waals surface area (Å²) in [5, 5.41) is 10.0. The minimum absolute atomic E-state index is 0.129. The van der Waals surface area contributed by atoms with E-state index in [2.05, 4.69) is 20.4 Å². The number of rotatable bonds is 5. The lowest BCUT2D eigenvalue weighted by molar-refractivity contribution is -0.121. The van der Waals surface area contributed by atoms with Crippen LogP contribution in [0.1, 0.15) is 10.8 Å². The Bertz CT molecular complexity index is 1180. The molecule has 0 aliphatic heterocycles. The summed E-state index contributed by atoms with van der Waals surface area (Å²) in [6, 6.07) is 3.61. The van der Waals surface area contributed by atoms with Crippen LogP contribution in [0, 0.1) is 6.92 Å². The molecule has 0 aromatic carbocycles. The summed E-state index contributed by atoms with van der Waals surface area (Å²) in [6.07, 6.45) is 2.80. The van der Waals surface area contributed by atoms with E-state index in [1.54, 1.807) is 24.5 Å². The largest absolute Gasteiger partial charge is 0.458 e. The lowest BCUT2D eigenvalue weighted by Crippen LogP contribution is -2.32. The third kappa shape index (κ3) is 3.38. The maximum atomic E-state index is 12.4. The first kappa shape index (κ1) is 17.2. The Morgan fingerprint density at radius 2 is 2.22 bits per heavy atom. The quantitative estimate of drug-likeness (QED) is 0.558. The summed E-state index contributed by atoms with van der Waals surface area (Å²) < 4.78 is 8.47. The fourth-order valence-corrected chi connectivity index (χ4v) is 3.26. The number of nitrogens with one attached hydrogen (secondary N) is 1. The van der Waals surface area contributed by atoms with E-state index in [4.69, 9.17) is 4.42 Å². The van der Waals surface area contributed by atoms with Gasteiger partial charge in [0.05, 0.1) is 17.7 Å². The second-order valence-corrected chi connectivity index (χ2v) is 7.04. The molecule has 27 heavy (non-hydrogen) atoms. The molecular formula is C17H16N6O3S. The number of furan rings is 1. The van der Waals surface area contributed by atoms with E-state index in [9.17, 15) is 9.59 Å². The lowest BCUT2D eigenvalue weighted by atomic mass is 10.3. The Morgan fingerprint density at radius 1 is 1.37 bits per heavy atom. The average Bonchev–Trinajstić information content (AvgIpc) is 3.36. The molecule has 1 N–H and O–H groups in total. The van der Waals surface area contributed by atoms with E-state index >= 15 is 0 Å². The number of aromatic nitrogens is 5. The SMILES string of the molecule is Cc1nc(-c2ccc(CNC(=O)Cn3cnc4c(cnn4C)c3=O)o2)cs1. The van der Waals surface area contributed by atoms with E-state index in [1.807, 2.05) is 18.4 Å². The summed E-state index contributed by atoms with van der Waals surface area (Å²) in [5.74, 6) is 0.952. The van der Waals surface area contributed by atoms with Crippen molar-refractivity contribution >= 4 is 28.3 Å². The number of thiazole rings is 1. The van der Waals surface area contributed by atoms with Crippen molar-refractivity contribution in [2.75, 3.05) is 0 Å². The number of carbonyl (C=O) groups excluding carboxylic acids is 1. The first-order valence-electron chi connectivity index (χ1n) is 8.16. The molecule has 0 spiro atoms. The normalized spacial score (nSPS) is 11.2. The van der Waals surface area contributed by atoms with E-state index in [0.29, 0.717) is 22.6 Å². The zero-order valence-electron chi connectivity index (χ0n) is 14.7. The molecule has 4 aromatic rings. The summed E-state index contributed by atoms with van der Waals surface area (Å²) in [7, 11) is 1.70. The van der Waals surface area contributed by atoms with Gasteiger partial charge in [-0.1, -0.05) is 0 Å². The summed E-state index contributed by atoms with van der Waals surface area (Å²) in [5.41, 5.74) is 0.956. The highest BCUT2D eigenvalue weighted by Gasteiger charge is 2.12.